The van der Waals surface area contributed by atoms with Crippen LogP contribution in [0.25, 0.3) is 0 Å². The lowest BCUT2D eigenvalue weighted by atomic mass is 10.1. The van der Waals surface area contributed by atoms with Crippen molar-refractivity contribution >= 4 is 28.7 Å². The van der Waals surface area contributed by atoms with Gasteiger partial charge in [-0.15, -0.1) is 0 Å². The number of anilines is 4. The Hall–Kier alpha value is -2.89. The maximum Gasteiger partial charge on any atom is 0.337 e. The van der Waals surface area contributed by atoms with Crippen LogP contribution in [0.4, 0.5) is 22.7 Å². The maximum atomic E-state index is 11.5. The molecular weight excluding hydrogens is 304 g/mol. The maximum absolute atomic E-state index is 11.5. The summed E-state index contributed by atoms with van der Waals surface area (Å²) in [4.78, 5) is 13.8. The third kappa shape index (κ3) is 2.95. The second kappa shape index (κ2) is 6.70. The van der Waals surface area contributed by atoms with Crippen LogP contribution in [0.2, 0.25) is 0 Å². The quantitative estimate of drug-likeness (QED) is 0.579. The highest BCUT2D eigenvalue weighted by atomic mass is 16.5. The molecule has 4 N–H and O–H groups in total. The molecule has 0 radical (unpaired) electrons. The molecule has 1 aliphatic rings. The Morgan fingerprint density at radius 1 is 1.33 bits per heavy atom. The number of nitrogen functional groups attached to an aromatic ring is 1. The first-order chi connectivity index (χ1) is 11.6. The predicted octanol–water partition coefficient (Wildman–Crippen LogP) is 2.75. The van der Waals surface area contributed by atoms with Gasteiger partial charge in [-0.2, -0.15) is 0 Å². The van der Waals surface area contributed by atoms with E-state index in [1.54, 1.807) is 18.2 Å². The molecule has 1 heterocycles. The van der Waals surface area contributed by atoms with E-state index in [1.807, 2.05) is 12.1 Å². The van der Waals surface area contributed by atoms with E-state index < -0.39 is 5.97 Å². The molecule has 2 aromatic rings. The number of rotatable bonds is 5. The van der Waals surface area contributed by atoms with Gasteiger partial charge in [-0.3, -0.25) is 0 Å². The zero-order chi connectivity index (χ0) is 17.1. The summed E-state index contributed by atoms with van der Waals surface area (Å²) in [6.07, 6.45) is 0.145. The topological polar surface area (TPSA) is 79.6 Å². The molecule has 1 aliphatic heterocycles. The average Bonchev–Trinajstić information content (AvgIpc) is 2.97. The number of hydrogen-bond donors (Lipinski definition) is 3. The lowest BCUT2D eigenvalue weighted by molar-refractivity contribution is 0.0601. The Labute approximate surface area is 141 Å². The van der Waals surface area contributed by atoms with Crippen molar-refractivity contribution in [2.24, 2.45) is 0 Å². The molecular formula is C18H22N4O2. The highest BCUT2D eigenvalue weighted by Gasteiger charge is 2.26. The summed E-state index contributed by atoms with van der Waals surface area (Å²) < 4.78 is 4.71. The van der Waals surface area contributed by atoms with Crippen LogP contribution in [0.1, 0.15) is 17.3 Å². The first kappa shape index (κ1) is 16.0. The van der Waals surface area contributed by atoms with E-state index in [0.29, 0.717) is 17.8 Å². The summed E-state index contributed by atoms with van der Waals surface area (Å²) in [5.41, 5.74) is 10.2. The van der Waals surface area contributed by atoms with Gasteiger partial charge < -0.3 is 26.0 Å². The number of nitrogens with one attached hydrogen (secondary N) is 2. The van der Waals surface area contributed by atoms with Gasteiger partial charge in [-0.1, -0.05) is 12.1 Å². The standard InChI is InChI=1S/C18H22N4O2/c1-3-22-16-7-5-4-6-15(16)21-17(22)11-20-14-9-8-12(10-13(14)19)18(23)24-2/h4-10,17,20-21H,3,11,19H2,1-2H3. The van der Waals surface area contributed by atoms with E-state index in [1.165, 1.54) is 12.8 Å². The van der Waals surface area contributed by atoms with Crippen LogP contribution in [0.3, 0.4) is 0 Å². The highest BCUT2D eigenvalue weighted by molar-refractivity contribution is 5.91. The van der Waals surface area contributed by atoms with Gasteiger partial charge in [-0.25, -0.2) is 4.79 Å². The van der Waals surface area contributed by atoms with Gasteiger partial charge in [0.2, 0.25) is 0 Å². The van der Waals surface area contributed by atoms with Crippen molar-refractivity contribution in [2.75, 3.05) is 41.5 Å². The third-order valence-electron chi connectivity index (χ3n) is 4.21. The number of nitrogens with zero attached hydrogens (tertiary/aromatic N) is 1. The van der Waals surface area contributed by atoms with Crippen LogP contribution in [0, 0.1) is 0 Å². The van der Waals surface area contributed by atoms with Gasteiger partial charge in [-0.05, 0) is 37.3 Å². The number of methoxy groups -OCH3 is 1. The fraction of sp³-hybridized carbons (Fsp3) is 0.278. The fourth-order valence-corrected chi connectivity index (χ4v) is 3.00. The molecule has 24 heavy (non-hydrogen) atoms. The van der Waals surface area contributed by atoms with Gasteiger partial charge in [0.1, 0.15) is 6.17 Å². The van der Waals surface area contributed by atoms with Crippen LogP contribution in [-0.4, -0.2) is 32.3 Å². The van der Waals surface area contributed by atoms with Gasteiger partial charge in [0.15, 0.2) is 0 Å². The van der Waals surface area contributed by atoms with Gasteiger partial charge in [0, 0.05) is 6.54 Å². The second-order valence-electron chi connectivity index (χ2n) is 5.64. The normalized spacial score (nSPS) is 15.6. The lowest BCUT2D eigenvalue weighted by Gasteiger charge is -2.26. The molecule has 0 saturated carbocycles. The number of fused-ring (bicyclic) bond motifs is 1. The van der Waals surface area contributed by atoms with E-state index in [2.05, 4.69) is 34.6 Å². The summed E-state index contributed by atoms with van der Waals surface area (Å²) in [7, 11) is 1.35. The Morgan fingerprint density at radius 2 is 2.12 bits per heavy atom. The van der Waals surface area contributed by atoms with E-state index in [4.69, 9.17) is 10.5 Å². The number of hydrogen-bond acceptors (Lipinski definition) is 6. The SMILES string of the molecule is CCN1c2ccccc2NC1CNc1ccc(C(=O)OC)cc1N. The van der Waals surface area contributed by atoms with Crippen LogP contribution in [0.5, 0.6) is 0 Å². The number of esters is 1. The van der Waals surface area contributed by atoms with Crippen molar-refractivity contribution in [3.8, 4) is 0 Å². The van der Waals surface area contributed by atoms with Crippen LogP contribution in [0.15, 0.2) is 42.5 Å². The molecule has 0 aliphatic carbocycles. The molecule has 0 saturated heterocycles. The van der Waals surface area contributed by atoms with E-state index >= 15 is 0 Å². The zero-order valence-corrected chi connectivity index (χ0v) is 13.9. The predicted molar refractivity (Wildman–Crippen MR) is 97.6 cm³/mol. The number of para-hydroxylation sites is 2. The molecule has 0 spiro atoms. The molecule has 0 fully saturated rings. The molecule has 3 rings (SSSR count). The summed E-state index contributed by atoms with van der Waals surface area (Å²) in [5.74, 6) is -0.390. The monoisotopic (exact) mass is 326 g/mol. The van der Waals surface area contributed by atoms with E-state index in [-0.39, 0.29) is 6.17 Å². The van der Waals surface area contributed by atoms with E-state index in [0.717, 1.165) is 17.9 Å². The second-order valence-corrected chi connectivity index (χ2v) is 5.64. The Balaban J connectivity index is 1.69. The summed E-state index contributed by atoms with van der Waals surface area (Å²) >= 11 is 0. The zero-order valence-electron chi connectivity index (χ0n) is 13.9. The first-order valence-electron chi connectivity index (χ1n) is 7.98. The molecule has 126 valence electrons. The Kier molecular flexibility index (Phi) is 4.46. The minimum atomic E-state index is -0.390. The van der Waals surface area contributed by atoms with Gasteiger partial charge >= 0.3 is 5.97 Å². The number of carbonyl (C=O) groups excluding carboxylic acids is 1. The molecule has 1 unspecified atom stereocenters. The van der Waals surface area contributed by atoms with Crippen molar-refractivity contribution in [2.45, 2.75) is 13.1 Å². The number of nitrogens with two attached hydrogens (primary N) is 1. The minimum absolute atomic E-state index is 0.145. The number of likely N-dealkylation sites (N-methyl/N-ethyl adjacent to an activating group) is 1. The van der Waals surface area contributed by atoms with Gasteiger partial charge in [0.05, 0.1) is 42.0 Å². The molecule has 6 heteroatoms. The van der Waals surface area contributed by atoms with Crippen molar-refractivity contribution in [3.05, 3.63) is 48.0 Å². The smallest absolute Gasteiger partial charge is 0.337 e. The summed E-state index contributed by atoms with van der Waals surface area (Å²) in [5, 5.41) is 6.87. The van der Waals surface area contributed by atoms with Gasteiger partial charge in [0.25, 0.3) is 0 Å². The molecule has 0 amide bonds. The minimum Gasteiger partial charge on any atom is -0.465 e. The Morgan fingerprint density at radius 3 is 2.83 bits per heavy atom. The summed E-state index contributed by atoms with van der Waals surface area (Å²) in [6.45, 7) is 3.73. The number of ether oxygens (including phenoxy) is 1. The van der Waals surface area contributed by atoms with E-state index in [9.17, 15) is 4.79 Å². The number of carbonyl (C=O) groups is 1. The highest BCUT2D eigenvalue weighted by Crippen LogP contribution is 2.34. The Bertz CT molecular complexity index is 748. The van der Waals surface area contributed by atoms with Crippen molar-refractivity contribution in [1.82, 2.24) is 0 Å². The largest absolute Gasteiger partial charge is 0.465 e. The average molecular weight is 326 g/mol. The fourth-order valence-electron chi connectivity index (χ4n) is 3.00. The molecule has 0 aromatic heterocycles. The summed E-state index contributed by atoms with van der Waals surface area (Å²) in [6, 6.07) is 13.4. The van der Waals surface area contributed by atoms with Crippen molar-refractivity contribution < 1.29 is 9.53 Å². The molecule has 1 atom stereocenters. The number of benzene rings is 2. The molecule has 2 aromatic carbocycles. The van der Waals surface area contributed by atoms with Crippen molar-refractivity contribution in [3.63, 3.8) is 0 Å². The van der Waals surface area contributed by atoms with Crippen LogP contribution >= 0.6 is 0 Å². The van der Waals surface area contributed by atoms with Crippen molar-refractivity contribution in [1.29, 1.82) is 0 Å². The molecule has 6 nitrogen and oxygen atoms in total. The van der Waals surface area contributed by atoms with Crippen LogP contribution in [-0.2, 0) is 4.74 Å². The lowest BCUT2D eigenvalue weighted by Crippen LogP contribution is -2.41. The third-order valence-corrected chi connectivity index (χ3v) is 4.21. The first-order valence-corrected chi connectivity index (χ1v) is 7.98. The molecule has 0 bridgehead atoms. The van der Waals surface area contributed by atoms with Crippen LogP contribution < -0.4 is 21.3 Å².